The molecule has 104 valence electrons. The number of nitriles is 1. The van der Waals surface area contributed by atoms with E-state index in [9.17, 15) is 4.79 Å². The molecule has 0 spiro atoms. The topological polar surface area (TPSA) is 55.0 Å². The summed E-state index contributed by atoms with van der Waals surface area (Å²) >= 11 is 1.28. The van der Waals surface area contributed by atoms with E-state index in [2.05, 4.69) is 6.07 Å². The first-order chi connectivity index (χ1) is 9.63. The van der Waals surface area contributed by atoms with E-state index in [1.807, 2.05) is 26.0 Å². The first-order valence-electron chi connectivity index (χ1n) is 6.42. The van der Waals surface area contributed by atoms with Crippen LogP contribution in [0, 0.1) is 25.2 Å². The predicted molar refractivity (Wildman–Crippen MR) is 79.3 cm³/mol. The van der Waals surface area contributed by atoms with Gasteiger partial charge in [0.1, 0.15) is 11.8 Å². The lowest BCUT2D eigenvalue weighted by molar-refractivity contribution is 0.300. The van der Waals surface area contributed by atoms with Crippen LogP contribution in [-0.2, 0) is 6.54 Å². The van der Waals surface area contributed by atoms with Crippen LogP contribution in [0.4, 0.5) is 0 Å². The van der Waals surface area contributed by atoms with Crippen LogP contribution >= 0.6 is 11.3 Å². The van der Waals surface area contributed by atoms with E-state index in [4.69, 9.17) is 10.00 Å². The molecule has 0 aliphatic rings. The summed E-state index contributed by atoms with van der Waals surface area (Å²) in [5, 5.41) is 8.95. The van der Waals surface area contributed by atoms with Gasteiger partial charge in [-0.1, -0.05) is 23.5 Å². The fraction of sp³-hybridized carbons (Fsp3) is 0.333. The molecule has 0 fully saturated rings. The highest BCUT2D eigenvalue weighted by atomic mass is 32.1. The second-order valence-electron chi connectivity index (χ2n) is 4.47. The summed E-state index contributed by atoms with van der Waals surface area (Å²) in [5.41, 5.74) is 1.56. The molecule has 0 saturated heterocycles. The summed E-state index contributed by atoms with van der Waals surface area (Å²) in [6.45, 7) is 5.04. The summed E-state index contributed by atoms with van der Waals surface area (Å²) in [4.78, 5) is 12.9. The van der Waals surface area contributed by atoms with Crippen LogP contribution in [0.25, 0.3) is 0 Å². The highest BCUT2D eigenvalue weighted by Gasteiger charge is 2.07. The van der Waals surface area contributed by atoms with Crippen LogP contribution in [0.1, 0.15) is 22.6 Å². The molecule has 1 aromatic carbocycles. The molecule has 0 unspecified atom stereocenters. The molecule has 0 aliphatic heterocycles. The molecule has 0 amide bonds. The van der Waals surface area contributed by atoms with Gasteiger partial charge in [-0.3, -0.25) is 4.79 Å². The number of aryl methyl sites for hydroxylation is 1. The molecule has 2 rings (SSSR count). The summed E-state index contributed by atoms with van der Waals surface area (Å²) in [6, 6.07) is 9.26. The number of aromatic nitrogens is 1. The summed E-state index contributed by atoms with van der Waals surface area (Å²) in [7, 11) is 0. The fourth-order valence-electron chi connectivity index (χ4n) is 1.94. The van der Waals surface area contributed by atoms with Gasteiger partial charge < -0.3 is 9.30 Å². The largest absolute Gasteiger partial charge is 0.492 e. The minimum absolute atomic E-state index is 0.0809. The highest BCUT2D eigenvalue weighted by Crippen LogP contribution is 2.17. The first kappa shape index (κ1) is 14.4. The normalized spacial score (nSPS) is 10.2. The van der Waals surface area contributed by atoms with Gasteiger partial charge >= 0.3 is 4.87 Å². The molecule has 1 heterocycles. The zero-order valence-electron chi connectivity index (χ0n) is 11.5. The van der Waals surface area contributed by atoms with Crippen LogP contribution in [0.5, 0.6) is 5.75 Å². The number of para-hydroxylation sites is 1. The van der Waals surface area contributed by atoms with Crippen molar-refractivity contribution in [3.63, 3.8) is 0 Å². The molecule has 5 heteroatoms. The molecule has 0 bridgehead atoms. The summed E-state index contributed by atoms with van der Waals surface area (Å²) in [6.07, 6.45) is 0.733. The lowest BCUT2D eigenvalue weighted by Crippen LogP contribution is -2.16. The minimum Gasteiger partial charge on any atom is -0.492 e. The summed E-state index contributed by atoms with van der Waals surface area (Å²) in [5.74, 6) is 0.598. The first-order valence-corrected chi connectivity index (χ1v) is 7.24. The van der Waals surface area contributed by atoms with Gasteiger partial charge in [-0.2, -0.15) is 5.26 Å². The van der Waals surface area contributed by atoms with Gasteiger partial charge in [-0.15, -0.1) is 0 Å². The van der Waals surface area contributed by atoms with Gasteiger partial charge in [0.05, 0.1) is 12.2 Å². The molecule has 0 radical (unpaired) electrons. The van der Waals surface area contributed by atoms with Crippen LogP contribution < -0.4 is 9.61 Å². The molecule has 0 N–H and O–H groups in total. The molecule has 2 aromatic rings. The third kappa shape index (κ3) is 3.09. The third-order valence-electron chi connectivity index (χ3n) is 3.17. The van der Waals surface area contributed by atoms with Crippen molar-refractivity contribution in [3.8, 4) is 11.8 Å². The van der Waals surface area contributed by atoms with Crippen LogP contribution in [0.15, 0.2) is 29.1 Å². The molecule has 0 aliphatic carbocycles. The Morgan fingerprint density at radius 2 is 2.10 bits per heavy atom. The Bertz CT molecular complexity index is 695. The van der Waals surface area contributed by atoms with Crippen LogP contribution in [0.3, 0.4) is 0 Å². The highest BCUT2D eigenvalue weighted by molar-refractivity contribution is 7.09. The van der Waals surface area contributed by atoms with E-state index >= 15 is 0 Å². The van der Waals surface area contributed by atoms with Crippen molar-refractivity contribution in [3.05, 3.63) is 50.1 Å². The van der Waals surface area contributed by atoms with Gasteiger partial charge in [0, 0.05) is 17.1 Å². The number of thiazole rings is 1. The van der Waals surface area contributed by atoms with E-state index in [1.165, 1.54) is 11.3 Å². The molecular formula is C15H16N2O2S. The van der Waals surface area contributed by atoms with Crippen molar-refractivity contribution >= 4 is 11.3 Å². The van der Waals surface area contributed by atoms with Crippen molar-refractivity contribution in [2.45, 2.75) is 26.8 Å². The SMILES string of the molecule is Cc1sc(=O)n(CCCOc2ccccc2C#N)c1C. The lowest BCUT2D eigenvalue weighted by Gasteiger charge is -2.08. The average Bonchev–Trinajstić information content (AvgIpc) is 2.69. The average molecular weight is 288 g/mol. The van der Waals surface area contributed by atoms with E-state index in [0.717, 1.165) is 17.0 Å². The number of nitrogens with zero attached hydrogens (tertiary/aromatic N) is 2. The standard InChI is InChI=1S/C15H16N2O2S/c1-11-12(2)20-15(18)17(11)8-5-9-19-14-7-4-3-6-13(14)10-16/h3-4,6-7H,5,8-9H2,1-2H3. The molecule has 0 saturated carbocycles. The second kappa shape index (κ2) is 6.40. The quantitative estimate of drug-likeness (QED) is 0.795. The third-order valence-corrected chi connectivity index (χ3v) is 4.16. The number of benzene rings is 1. The number of rotatable bonds is 5. The Morgan fingerprint density at radius 1 is 1.35 bits per heavy atom. The monoisotopic (exact) mass is 288 g/mol. The Hall–Kier alpha value is -2.06. The van der Waals surface area contributed by atoms with Crippen molar-refractivity contribution in [1.29, 1.82) is 5.26 Å². The minimum atomic E-state index is 0.0809. The van der Waals surface area contributed by atoms with Crippen molar-refractivity contribution in [2.24, 2.45) is 0 Å². The Kier molecular flexibility index (Phi) is 4.59. The van der Waals surface area contributed by atoms with Gasteiger partial charge in [0.15, 0.2) is 0 Å². The Balaban J connectivity index is 1.91. The number of hydrogen-bond donors (Lipinski definition) is 0. The number of ether oxygens (including phenoxy) is 1. The molecule has 20 heavy (non-hydrogen) atoms. The maximum atomic E-state index is 11.7. The van der Waals surface area contributed by atoms with E-state index in [1.54, 1.807) is 16.7 Å². The summed E-state index contributed by atoms with van der Waals surface area (Å²) < 4.78 is 7.38. The molecule has 4 nitrogen and oxygen atoms in total. The van der Waals surface area contributed by atoms with Gasteiger partial charge in [-0.05, 0) is 32.4 Å². The molecule has 1 aromatic heterocycles. The lowest BCUT2D eigenvalue weighted by atomic mass is 10.2. The predicted octanol–water partition coefficient (Wildman–Crippen LogP) is 2.87. The Morgan fingerprint density at radius 3 is 2.75 bits per heavy atom. The van der Waals surface area contributed by atoms with Crippen LogP contribution in [-0.4, -0.2) is 11.2 Å². The van der Waals surface area contributed by atoms with E-state index in [-0.39, 0.29) is 4.87 Å². The van der Waals surface area contributed by atoms with Gasteiger partial charge in [-0.25, -0.2) is 0 Å². The maximum Gasteiger partial charge on any atom is 0.307 e. The zero-order valence-corrected chi connectivity index (χ0v) is 12.4. The second-order valence-corrected chi connectivity index (χ2v) is 5.64. The van der Waals surface area contributed by atoms with E-state index in [0.29, 0.717) is 24.5 Å². The maximum absolute atomic E-state index is 11.7. The van der Waals surface area contributed by atoms with Crippen molar-refractivity contribution in [2.75, 3.05) is 6.61 Å². The molecule has 0 atom stereocenters. The number of hydrogen-bond acceptors (Lipinski definition) is 4. The van der Waals surface area contributed by atoms with Gasteiger partial charge in [0.25, 0.3) is 0 Å². The Labute approximate surface area is 121 Å². The van der Waals surface area contributed by atoms with Gasteiger partial charge in [0.2, 0.25) is 0 Å². The molecular weight excluding hydrogens is 272 g/mol. The van der Waals surface area contributed by atoms with Crippen molar-refractivity contribution in [1.82, 2.24) is 4.57 Å². The smallest absolute Gasteiger partial charge is 0.307 e. The zero-order chi connectivity index (χ0) is 14.5. The van der Waals surface area contributed by atoms with Crippen LogP contribution in [0.2, 0.25) is 0 Å². The van der Waals surface area contributed by atoms with Crippen molar-refractivity contribution < 1.29 is 4.74 Å². The van der Waals surface area contributed by atoms with E-state index < -0.39 is 0 Å². The fourth-order valence-corrected chi connectivity index (χ4v) is 2.79.